The SMILES string of the molecule is CCCC(NC1CCS(=O)(=O)CC1)c1cccs1. The molecule has 1 atom stereocenters. The van der Waals surface area contributed by atoms with E-state index < -0.39 is 9.84 Å². The molecule has 0 aliphatic carbocycles. The Morgan fingerprint density at radius 3 is 2.72 bits per heavy atom. The maximum atomic E-state index is 11.4. The molecule has 5 heteroatoms. The Hall–Kier alpha value is -0.390. The lowest BCUT2D eigenvalue weighted by atomic mass is 10.1. The summed E-state index contributed by atoms with van der Waals surface area (Å²) >= 11 is 1.78. The molecule has 0 amide bonds. The standard InChI is InChI=1S/C13H21NO2S2/c1-2-4-12(13-5-3-8-17-13)14-11-6-9-18(15,16)10-7-11/h3,5,8,11-12,14H,2,4,6-7,9-10H2,1H3. The summed E-state index contributed by atoms with van der Waals surface area (Å²) in [5.74, 6) is 0.682. The molecule has 1 fully saturated rings. The molecule has 18 heavy (non-hydrogen) atoms. The van der Waals surface area contributed by atoms with Crippen molar-refractivity contribution in [3.8, 4) is 0 Å². The normalized spacial score (nSPS) is 21.8. The zero-order chi connectivity index (χ0) is 13.0. The predicted octanol–water partition coefficient (Wildman–Crippen LogP) is 2.76. The number of nitrogens with one attached hydrogen (secondary N) is 1. The first-order valence-corrected chi connectivity index (χ1v) is 9.30. The molecule has 2 rings (SSSR count). The Labute approximate surface area is 114 Å². The monoisotopic (exact) mass is 287 g/mol. The molecule has 1 aromatic heterocycles. The van der Waals surface area contributed by atoms with Crippen LogP contribution in [0.15, 0.2) is 17.5 Å². The summed E-state index contributed by atoms with van der Waals surface area (Å²) in [6.45, 7) is 2.19. The van der Waals surface area contributed by atoms with E-state index in [4.69, 9.17) is 0 Å². The summed E-state index contributed by atoms with van der Waals surface area (Å²) in [7, 11) is -2.75. The second kappa shape index (κ2) is 6.17. The minimum atomic E-state index is -2.75. The molecule has 1 aliphatic rings. The van der Waals surface area contributed by atoms with Gasteiger partial charge in [0.25, 0.3) is 0 Å². The van der Waals surface area contributed by atoms with Crippen LogP contribution < -0.4 is 5.32 Å². The van der Waals surface area contributed by atoms with E-state index in [0.29, 0.717) is 23.6 Å². The molecule has 102 valence electrons. The van der Waals surface area contributed by atoms with Crippen molar-refractivity contribution in [1.29, 1.82) is 0 Å². The van der Waals surface area contributed by atoms with Crippen molar-refractivity contribution in [2.24, 2.45) is 0 Å². The van der Waals surface area contributed by atoms with E-state index in [-0.39, 0.29) is 0 Å². The van der Waals surface area contributed by atoms with Gasteiger partial charge in [0.1, 0.15) is 9.84 Å². The van der Waals surface area contributed by atoms with Gasteiger partial charge in [0.05, 0.1) is 11.5 Å². The van der Waals surface area contributed by atoms with Crippen LogP contribution in [0.3, 0.4) is 0 Å². The van der Waals surface area contributed by atoms with Crippen LogP contribution in [-0.2, 0) is 9.84 Å². The topological polar surface area (TPSA) is 46.2 Å². The summed E-state index contributed by atoms with van der Waals surface area (Å²) < 4.78 is 22.8. The molecule has 1 N–H and O–H groups in total. The van der Waals surface area contributed by atoms with Crippen LogP contribution in [0.2, 0.25) is 0 Å². The molecular weight excluding hydrogens is 266 g/mol. The van der Waals surface area contributed by atoms with Gasteiger partial charge in [-0.1, -0.05) is 19.4 Å². The van der Waals surface area contributed by atoms with Crippen LogP contribution in [0, 0.1) is 0 Å². The van der Waals surface area contributed by atoms with E-state index in [1.165, 1.54) is 4.88 Å². The Bertz CT molecular complexity index is 439. The Kier molecular flexibility index (Phi) is 4.81. The molecular formula is C13H21NO2S2. The van der Waals surface area contributed by atoms with Crippen LogP contribution >= 0.6 is 11.3 Å². The molecule has 2 heterocycles. The fraction of sp³-hybridized carbons (Fsp3) is 0.692. The molecule has 1 aromatic rings. The average Bonchev–Trinajstić information content (AvgIpc) is 2.84. The summed E-state index contributed by atoms with van der Waals surface area (Å²) in [4.78, 5) is 1.37. The number of rotatable bonds is 5. The fourth-order valence-electron chi connectivity index (χ4n) is 2.43. The van der Waals surface area contributed by atoms with Crippen molar-refractivity contribution in [1.82, 2.24) is 5.32 Å². The molecule has 3 nitrogen and oxygen atoms in total. The second-order valence-electron chi connectivity index (χ2n) is 4.95. The minimum Gasteiger partial charge on any atom is -0.306 e. The molecule has 0 saturated carbocycles. The number of hydrogen-bond acceptors (Lipinski definition) is 4. The van der Waals surface area contributed by atoms with E-state index in [1.54, 1.807) is 11.3 Å². The first kappa shape index (κ1) is 14.0. The van der Waals surface area contributed by atoms with E-state index in [0.717, 1.165) is 25.7 Å². The summed E-state index contributed by atoms with van der Waals surface area (Å²) in [5, 5.41) is 5.75. The lowest BCUT2D eigenvalue weighted by Gasteiger charge is -2.28. The van der Waals surface area contributed by atoms with Gasteiger partial charge in [-0.25, -0.2) is 8.42 Å². The van der Waals surface area contributed by atoms with Crippen LogP contribution in [0.1, 0.15) is 43.5 Å². The molecule has 1 unspecified atom stereocenters. The van der Waals surface area contributed by atoms with Gasteiger partial charge in [0, 0.05) is 17.0 Å². The molecule has 0 radical (unpaired) electrons. The minimum absolute atomic E-state index is 0.341. The van der Waals surface area contributed by atoms with E-state index in [1.807, 2.05) is 0 Å². The maximum absolute atomic E-state index is 11.4. The van der Waals surface area contributed by atoms with Gasteiger partial charge in [-0.3, -0.25) is 0 Å². The van der Waals surface area contributed by atoms with Crippen molar-refractivity contribution < 1.29 is 8.42 Å². The average molecular weight is 287 g/mol. The quantitative estimate of drug-likeness (QED) is 0.906. The van der Waals surface area contributed by atoms with Gasteiger partial charge in [-0.2, -0.15) is 0 Å². The third-order valence-electron chi connectivity index (χ3n) is 3.46. The highest BCUT2D eigenvalue weighted by atomic mass is 32.2. The lowest BCUT2D eigenvalue weighted by Crippen LogP contribution is -2.39. The highest BCUT2D eigenvalue weighted by Gasteiger charge is 2.25. The maximum Gasteiger partial charge on any atom is 0.150 e. The van der Waals surface area contributed by atoms with Gasteiger partial charge in [0.2, 0.25) is 0 Å². The van der Waals surface area contributed by atoms with E-state index >= 15 is 0 Å². The number of sulfone groups is 1. The van der Waals surface area contributed by atoms with Crippen molar-refractivity contribution in [2.75, 3.05) is 11.5 Å². The van der Waals surface area contributed by atoms with E-state index in [9.17, 15) is 8.42 Å². The third-order valence-corrected chi connectivity index (χ3v) is 6.16. The van der Waals surface area contributed by atoms with Crippen LogP contribution in [0.4, 0.5) is 0 Å². The van der Waals surface area contributed by atoms with Crippen molar-refractivity contribution in [2.45, 2.75) is 44.7 Å². The molecule has 0 spiro atoms. The summed E-state index contributed by atoms with van der Waals surface area (Å²) in [6.07, 6.45) is 3.77. The van der Waals surface area contributed by atoms with Crippen molar-refractivity contribution in [3.05, 3.63) is 22.4 Å². The number of thiophene rings is 1. The Morgan fingerprint density at radius 2 is 2.17 bits per heavy atom. The largest absolute Gasteiger partial charge is 0.306 e. The zero-order valence-electron chi connectivity index (χ0n) is 10.8. The van der Waals surface area contributed by atoms with Gasteiger partial charge in [0.15, 0.2) is 0 Å². The first-order chi connectivity index (χ1) is 8.61. The molecule has 1 saturated heterocycles. The van der Waals surface area contributed by atoms with Crippen LogP contribution in [0.25, 0.3) is 0 Å². The van der Waals surface area contributed by atoms with Crippen molar-refractivity contribution in [3.63, 3.8) is 0 Å². The summed E-state index contributed by atoms with van der Waals surface area (Å²) in [6, 6.07) is 4.99. The van der Waals surface area contributed by atoms with Crippen molar-refractivity contribution >= 4 is 21.2 Å². The molecule has 1 aliphatic heterocycles. The first-order valence-electron chi connectivity index (χ1n) is 6.60. The zero-order valence-corrected chi connectivity index (χ0v) is 12.4. The van der Waals surface area contributed by atoms with Gasteiger partial charge in [-0.15, -0.1) is 11.3 Å². The Balaban J connectivity index is 1.94. The van der Waals surface area contributed by atoms with Crippen LogP contribution in [-0.4, -0.2) is 26.0 Å². The highest BCUT2D eigenvalue weighted by molar-refractivity contribution is 7.91. The summed E-state index contributed by atoms with van der Waals surface area (Å²) in [5.41, 5.74) is 0. The fourth-order valence-corrected chi connectivity index (χ4v) is 4.74. The Morgan fingerprint density at radius 1 is 1.44 bits per heavy atom. The third kappa shape index (κ3) is 3.80. The number of hydrogen-bond donors (Lipinski definition) is 1. The predicted molar refractivity (Wildman–Crippen MR) is 76.8 cm³/mol. The highest BCUT2D eigenvalue weighted by Crippen LogP contribution is 2.25. The molecule has 0 aromatic carbocycles. The van der Waals surface area contributed by atoms with Gasteiger partial charge < -0.3 is 5.32 Å². The van der Waals surface area contributed by atoms with Gasteiger partial charge in [-0.05, 0) is 30.7 Å². The molecule has 0 bridgehead atoms. The smallest absolute Gasteiger partial charge is 0.150 e. The second-order valence-corrected chi connectivity index (χ2v) is 8.23. The van der Waals surface area contributed by atoms with Gasteiger partial charge >= 0.3 is 0 Å². The van der Waals surface area contributed by atoms with E-state index in [2.05, 4.69) is 29.8 Å². The lowest BCUT2D eigenvalue weighted by molar-refractivity contribution is 0.391. The van der Waals surface area contributed by atoms with Crippen LogP contribution in [0.5, 0.6) is 0 Å².